The lowest BCUT2D eigenvalue weighted by molar-refractivity contribution is 0.102. The van der Waals surface area contributed by atoms with E-state index in [4.69, 9.17) is 0 Å². The topological polar surface area (TPSA) is 44.0 Å². The van der Waals surface area contributed by atoms with Crippen LogP contribution in [0.25, 0.3) is 21.8 Å². The van der Waals surface area contributed by atoms with Crippen LogP contribution in [0.3, 0.4) is 0 Å². The molecule has 0 saturated carbocycles. The summed E-state index contributed by atoms with van der Waals surface area (Å²) in [5.41, 5.74) is 5.58. The number of aromatic nitrogens is 2. The molecule has 0 saturated heterocycles. The number of ketones is 2. The zero-order valence-electron chi connectivity index (χ0n) is 17.2. The molecule has 0 aliphatic carbocycles. The summed E-state index contributed by atoms with van der Waals surface area (Å²) >= 11 is 1.39. The van der Waals surface area contributed by atoms with E-state index >= 15 is 0 Å². The van der Waals surface area contributed by atoms with Crippen LogP contribution >= 0.6 is 11.8 Å². The first kappa shape index (κ1) is 19.5. The van der Waals surface area contributed by atoms with Crippen molar-refractivity contribution in [3.8, 4) is 0 Å². The Balaban J connectivity index is 1.52. The third-order valence-electron chi connectivity index (χ3n) is 5.82. The molecule has 2 aromatic heterocycles. The largest absolute Gasteiger partial charge is 0.347 e. The first-order valence-corrected chi connectivity index (χ1v) is 10.8. The van der Waals surface area contributed by atoms with Gasteiger partial charge in [0.05, 0.1) is 11.5 Å². The van der Waals surface area contributed by atoms with E-state index in [9.17, 15) is 9.59 Å². The molecule has 4 aromatic rings. The average Bonchev–Trinajstić information content (AvgIpc) is 3.13. The molecule has 2 heterocycles. The summed E-state index contributed by atoms with van der Waals surface area (Å²) in [5, 5.41) is 1.96. The fourth-order valence-electron chi connectivity index (χ4n) is 4.13. The molecule has 0 unspecified atom stereocenters. The third kappa shape index (κ3) is 3.19. The Morgan fingerprint density at radius 1 is 0.724 bits per heavy atom. The number of nitrogens with zero attached hydrogens (tertiary/aromatic N) is 2. The minimum atomic E-state index is 0.0757. The molecular weight excluding hydrogens is 380 g/mol. The number of benzene rings is 2. The van der Waals surface area contributed by atoms with Gasteiger partial charge in [-0.1, -0.05) is 36.4 Å². The fraction of sp³-hybridized carbons (Fsp3) is 0.250. The van der Waals surface area contributed by atoms with Crippen LogP contribution in [0.5, 0.6) is 0 Å². The van der Waals surface area contributed by atoms with Gasteiger partial charge in [-0.25, -0.2) is 0 Å². The number of carbonyl (C=O) groups excluding carboxylic acids is 2. The molecule has 0 radical (unpaired) electrons. The zero-order valence-corrected chi connectivity index (χ0v) is 18.0. The summed E-state index contributed by atoms with van der Waals surface area (Å²) in [7, 11) is 3.96. The quantitative estimate of drug-likeness (QED) is 0.421. The molecule has 29 heavy (non-hydrogen) atoms. The van der Waals surface area contributed by atoms with Crippen LogP contribution in [0.4, 0.5) is 0 Å². The standard InChI is InChI=1S/C24H24N2O2S/c1-15-23(17-9-5-7-11-19(17)25(15)3)21(27)13-29-14-22(28)24-16(2)26(4)20-12-8-6-10-18(20)24/h5-12H,13-14H2,1-4H3. The second-order valence-electron chi connectivity index (χ2n) is 7.41. The van der Waals surface area contributed by atoms with Crippen LogP contribution in [-0.4, -0.2) is 32.2 Å². The van der Waals surface area contributed by atoms with Crippen LogP contribution in [0.15, 0.2) is 48.5 Å². The highest BCUT2D eigenvalue weighted by Crippen LogP contribution is 2.28. The van der Waals surface area contributed by atoms with Crippen LogP contribution in [0.2, 0.25) is 0 Å². The minimum absolute atomic E-state index is 0.0757. The molecule has 0 spiro atoms. The van der Waals surface area contributed by atoms with Gasteiger partial charge in [0.15, 0.2) is 11.6 Å². The van der Waals surface area contributed by atoms with E-state index in [1.807, 2.05) is 76.5 Å². The van der Waals surface area contributed by atoms with Crippen molar-refractivity contribution >= 4 is 45.1 Å². The highest BCUT2D eigenvalue weighted by Gasteiger charge is 2.21. The Morgan fingerprint density at radius 3 is 1.52 bits per heavy atom. The van der Waals surface area contributed by atoms with E-state index in [0.717, 1.165) is 44.3 Å². The van der Waals surface area contributed by atoms with E-state index in [0.29, 0.717) is 11.5 Å². The van der Waals surface area contributed by atoms with Crippen molar-refractivity contribution < 1.29 is 9.59 Å². The average molecular weight is 405 g/mol. The van der Waals surface area contributed by atoms with Crippen molar-refractivity contribution in [2.75, 3.05) is 11.5 Å². The number of fused-ring (bicyclic) bond motifs is 2. The molecule has 0 aliphatic heterocycles. The highest BCUT2D eigenvalue weighted by molar-refractivity contribution is 8.00. The highest BCUT2D eigenvalue weighted by atomic mass is 32.2. The zero-order chi connectivity index (χ0) is 20.7. The summed E-state index contributed by atoms with van der Waals surface area (Å²) in [4.78, 5) is 25.9. The van der Waals surface area contributed by atoms with E-state index in [-0.39, 0.29) is 11.6 Å². The van der Waals surface area contributed by atoms with Crippen LogP contribution in [-0.2, 0) is 14.1 Å². The lowest BCUT2D eigenvalue weighted by atomic mass is 10.1. The lowest BCUT2D eigenvalue weighted by Crippen LogP contribution is -2.09. The van der Waals surface area contributed by atoms with Gasteiger partial charge in [-0.15, -0.1) is 11.8 Å². The molecular formula is C24H24N2O2S. The van der Waals surface area contributed by atoms with Crippen LogP contribution in [0.1, 0.15) is 32.1 Å². The molecule has 0 bridgehead atoms. The Hall–Kier alpha value is -2.79. The van der Waals surface area contributed by atoms with Crippen molar-refractivity contribution in [2.24, 2.45) is 14.1 Å². The first-order chi connectivity index (χ1) is 13.9. The van der Waals surface area contributed by atoms with Crippen LogP contribution < -0.4 is 0 Å². The number of Topliss-reactive ketones (excluding diaryl/α,β-unsaturated/α-hetero) is 2. The van der Waals surface area contributed by atoms with Gasteiger partial charge in [-0.05, 0) is 26.0 Å². The third-order valence-corrected chi connectivity index (χ3v) is 6.76. The summed E-state index contributed by atoms with van der Waals surface area (Å²) < 4.78 is 4.11. The van der Waals surface area contributed by atoms with Gasteiger partial charge in [0.2, 0.25) is 0 Å². The van der Waals surface area contributed by atoms with Gasteiger partial charge in [0.25, 0.3) is 0 Å². The molecule has 0 atom stereocenters. The van der Waals surface area contributed by atoms with Crippen molar-refractivity contribution in [1.29, 1.82) is 0 Å². The number of para-hydroxylation sites is 2. The molecule has 2 aromatic carbocycles. The SMILES string of the molecule is Cc1c(C(=O)CSCC(=O)c2c(C)n(C)c3ccccc23)c2ccccc2n1C. The molecule has 5 heteroatoms. The van der Waals surface area contributed by atoms with Gasteiger partial charge in [-0.2, -0.15) is 0 Å². The van der Waals surface area contributed by atoms with E-state index in [1.165, 1.54) is 11.8 Å². The normalized spacial score (nSPS) is 11.4. The van der Waals surface area contributed by atoms with Crippen molar-refractivity contribution in [1.82, 2.24) is 9.13 Å². The van der Waals surface area contributed by atoms with E-state index in [1.54, 1.807) is 0 Å². The van der Waals surface area contributed by atoms with Gasteiger partial charge in [0, 0.05) is 58.4 Å². The van der Waals surface area contributed by atoms with E-state index in [2.05, 4.69) is 9.13 Å². The number of rotatable bonds is 6. The Morgan fingerprint density at radius 2 is 1.10 bits per heavy atom. The number of thioether (sulfide) groups is 1. The lowest BCUT2D eigenvalue weighted by Gasteiger charge is -2.04. The summed E-state index contributed by atoms with van der Waals surface area (Å²) in [6.07, 6.45) is 0. The molecule has 148 valence electrons. The monoisotopic (exact) mass is 404 g/mol. The van der Waals surface area contributed by atoms with Gasteiger partial charge < -0.3 is 9.13 Å². The Labute approximate surface area is 174 Å². The van der Waals surface area contributed by atoms with Crippen molar-refractivity contribution in [3.63, 3.8) is 0 Å². The van der Waals surface area contributed by atoms with Crippen molar-refractivity contribution in [3.05, 3.63) is 71.0 Å². The number of hydrogen-bond acceptors (Lipinski definition) is 3. The molecule has 0 N–H and O–H groups in total. The van der Waals surface area contributed by atoms with Crippen molar-refractivity contribution in [2.45, 2.75) is 13.8 Å². The fourth-order valence-corrected chi connectivity index (χ4v) is 4.89. The second kappa shape index (κ2) is 7.56. The Kier molecular flexibility index (Phi) is 5.09. The summed E-state index contributed by atoms with van der Waals surface area (Å²) in [5.74, 6) is 0.743. The number of aryl methyl sites for hydroxylation is 2. The maximum absolute atomic E-state index is 12.9. The summed E-state index contributed by atoms with van der Waals surface area (Å²) in [6, 6.07) is 15.9. The van der Waals surface area contributed by atoms with Gasteiger partial charge in [0.1, 0.15) is 0 Å². The van der Waals surface area contributed by atoms with Gasteiger partial charge in [-0.3, -0.25) is 9.59 Å². The predicted molar refractivity (Wildman–Crippen MR) is 121 cm³/mol. The molecule has 4 nitrogen and oxygen atoms in total. The summed E-state index contributed by atoms with van der Waals surface area (Å²) in [6.45, 7) is 3.95. The predicted octanol–water partition coefficient (Wildman–Crippen LogP) is 5.09. The molecule has 0 amide bonds. The second-order valence-corrected chi connectivity index (χ2v) is 8.40. The number of carbonyl (C=O) groups is 2. The maximum atomic E-state index is 12.9. The first-order valence-electron chi connectivity index (χ1n) is 9.64. The van der Waals surface area contributed by atoms with Gasteiger partial charge >= 0.3 is 0 Å². The van der Waals surface area contributed by atoms with E-state index < -0.39 is 0 Å². The molecule has 4 rings (SSSR count). The molecule has 0 fully saturated rings. The van der Waals surface area contributed by atoms with Crippen LogP contribution in [0, 0.1) is 13.8 Å². The minimum Gasteiger partial charge on any atom is -0.347 e. The smallest absolute Gasteiger partial charge is 0.175 e. The maximum Gasteiger partial charge on any atom is 0.175 e. The Bertz CT molecular complexity index is 1170. The molecule has 0 aliphatic rings. The number of hydrogen-bond donors (Lipinski definition) is 0.